The summed E-state index contributed by atoms with van der Waals surface area (Å²) in [6.45, 7) is 0. The number of aromatic hydroxyl groups is 1. The van der Waals surface area contributed by atoms with Crippen molar-refractivity contribution in [3.05, 3.63) is 52.5 Å². The Hall–Kier alpha value is -2.15. The lowest BCUT2D eigenvalue weighted by Crippen LogP contribution is -2.31. The van der Waals surface area contributed by atoms with Crippen LogP contribution in [-0.2, 0) is 0 Å². The minimum absolute atomic E-state index is 0.247. The van der Waals surface area contributed by atoms with Gasteiger partial charge in [-0.25, -0.2) is 9.18 Å². The van der Waals surface area contributed by atoms with Crippen LogP contribution in [0.25, 0.3) is 0 Å². The number of phenols is 1. The molecule has 0 spiro atoms. The van der Waals surface area contributed by atoms with E-state index in [0.29, 0.717) is 10.2 Å². The summed E-state index contributed by atoms with van der Waals surface area (Å²) in [7, 11) is 0. The Kier molecular flexibility index (Phi) is 3.89. The minimum atomic E-state index is -1.44. The van der Waals surface area contributed by atoms with Gasteiger partial charge in [0.1, 0.15) is 0 Å². The van der Waals surface area contributed by atoms with E-state index in [4.69, 9.17) is 5.73 Å². The molecule has 0 saturated heterocycles. The van der Waals surface area contributed by atoms with Crippen molar-refractivity contribution >= 4 is 33.3 Å². The normalized spacial score (nSPS) is 10.3. The summed E-state index contributed by atoms with van der Waals surface area (Å²) in [6.07, 6.45) is 0. The van der Waals surface area contributed by atoms with Gasteiger partial charge in [-0.05, 0) is 40.2 Å². The van der Waals surface area contributed by atoms with Crippen molar-refractivity contribution in [1.82, 2.24) is 0 Å². The molecule has 0 fully saturated rings. The van der Waals surface area contributed by atoms with Crippen molar-refractivity contribution in [1.29, 1.82) is 0 Å². The van der Waals surface area contributed by atoms with Crippen LogP contribution < -0.4 is 10.6 Å². The van der Waals surface area contributed by atoms with E-state index in [-0.39, 0.29) is 5.69 Å². The zero-order valence-corrected chi connectivity index (χ0v) is 11.6. The van der Waals surface area contributed by atoms with Gasteiger partial charge in [-0.1, -0.05) is 12.1 Å². The van der Waals surface area contributed by atoms with E-state index in [1.807, 2.05) is 0 Å². The Labute approximate surface area is 121 Å². The number of carbonyl (C=O) groups excluding carboxylic acids is 1. The number of urea groups is 1. The molecule has 0 radical (unpaired) electrons. The number of benzene rings is 2. The standard InChI is InChI=1S/C13H9BrF2N2O2/c14-7-3-1-2-4-9(7)18(13(17)20)10-6-5-8(15)11(16)12(10)19/h1-6,19H,(H2,17,20). The summed E-state index contributed by atoms with van der Waals surface area (Å²) < 4.78 is 26.9. The van der Waals surface area contributed by atoms with Crippen molar-refractivity contribution in [3.63, 3.8) is 0 Å². The summed E-state index contributed by atoms with van der Waals surface area (Å²) in [6, 6.07) is 7.44. The molecule has 104 valence electrons. The molecule has 20 heavy (non-hydrogen) atoms. The third-order valence-corrected chi connectivity index (χ3v) is 3.27. The molecule has 2 aromatic rings. The van der Waals surface area contributed by atoms with Gasteiger partial charge in [0.05, 0.1) is 11.4 Å². The predicted octanol–water partition coefficient (Wildman–Crippen LogP) is 3.65. The second-order valence-corrected chi connectivity index (χ2v) is 4.71. The summed E-state index contributed by atoms with van der Waals surface area (Å²) in [5.74, 6) is -3.65. The van der Waals surface area contributed by atoms with Crippen molar-refractivity contribution in [2.24, 2.45) is 5.73 Å². The highest BCUT2D eigenvalue weighted by molar-refractivity contribution is 9.10. The number of hydrogen-bond acceptors (Lipinski definition) is 2. The molecular weight excluding hydrogens is 334 g/mol. The summed E-state index contributed by atoms with van der Waals surface area (Å²) in [5.41, 5.74) is 5.31. The van der Waals surface area contributed by atoms with E-state index in [1.54, 1.807) is 18.2 Å². The number of para-hydroxylation sites is 1. The van der Waals surface area contributed by atoms with Gasteiger partial charge in [-0.3, -0.25) is 4.90 Å². The molecule has 0 aliphatic rings. The second-order valence-electron chi connectivity index (χ2n) is 3.85. The largest absolute Gasteiger partial charge is 0.503 e. The van der Waals surface area contributed by atoms with Gasteiger partial charge in [0.2, 0.25) is 5.82 Å². The maximum Gasteiger partial charge on any atom is 0.324 e. The molecular formula is C13H9BrF2N2O2. The van der Waals surface area contributed by atoms with Gasteiger partial charge in [-0.2, -0.15) is 4.39 Å². The monoisotopic (exact) mass is 342 g/mol. The SMILES string of the molecule is NC(=O)N(c1ccccc1Br)c1ccc(F)c(F)c1O. The lowest BCUT2D eigenvalue weighted by molar-refractivity contribution is 0.255. The molecule has 0 heterocycles. The molecule has 7 heteroatoms. The van der Waals surface area contributed by atoms with Crippen molar-refractivity contribution in [2.75, 3.05) is 4.90 Å². The van der Waals surface area contributed by atoms with Crippen molar-refractivity contribution in [2.45, 2.75) is 0 Å². The molecule has 2 amide bonds. The molecule has 0 unspecified atom stereocenters. The predicted molar refractivity (Wildman–Crippen MR) is 73.9 cm³/mol. The number of nitrogens with zero attached hydrogens (tertiary/aromatic N) is 1. The summed E-state index contributed by atoms with van der Waals surface area (Å²) in [4.78, 5) is 12.5. The highest BCUT2D eigenvalue weighted by Crippen LogP contribution is 2.38. The first-order valence-electron chi connectivity index (χ1n) is 5.44. The van der Waals surface area contributed by atoms with Crippen molar-refractivity contribution < 1.29 is 18.7 Å². The number of nitrogens with two attached hydrogens (primary N) is 1. The van der Waals surface area contributed by atoms with E-state index in [9.17, 15) is 18.7 Å². The number of hydrogen-bond donors (Lipinski definition) is 2. The number of carbonyl (C=O) groups is 1. The van der Waals surface area contributed by atoms with Crippen molar-refractivity contribution in [3.8, 4) is 5.75 Å². The first-order valence-corrected chi connectivity index (χ1v) is 6.24. The second kappa shape index (κ2) is 5.46. The minimum Gasteiger partial charge on any atom is -0.503 e. The fraction of sp³-hybridized carbons (Fsp3) is 0. The molecule has 0 bridgehead atoms. The fourth-order valence-electron chi connectivity index (χ4n) is 1.71. The number of rotatable bonds is 2. The van der Waals surface area contributed by atoms with E-state index in [0.717, 1.165) is 17.0 Å². The fourth-order valence-corrected chi connectivity index (χ4v) is 2.17. The Bertz CT molecular complexity index is 679. The highest BCUT2D eigenvalue weighted by Gasteiger charge is 2.23. The van der Waals surface area contributed by atoms with E-state index < -0.39 is 23.4 Å². The number of phenolic OH excluding ortho intramolecular Hbond substituents is 1. The van der Waals surface area contributed by atoms with Crippen LogP contribution in [0.2, 0.25) is 0 Å². The summed E-state index contributed by atoms with van der Waals surface area (Å²) in [5, 5.41) is 9.67. The number of primary amides is 1. The quantitative estimate of drug-likeness (QED) is 0.874. The summed E-state index contributed by atoms with van der Waals surface area (Å²) >= 11 is 3.22. The Morgan fingerprint density at radius 3 is 2.40 bits per heavy atom. The zero-order valence-electron chi connectivity index (χ0n) is 9.98. The average Bonchev–Trinajstić information content (AvgIpc) is 2.41. The van der Waals surface area contributed by atoms with Gasteiger partial charge < -0.3 is 10.8 Å². The van der Waals surface area contributed by atoms with Crippen LogP contribution in [0.5, 0.6) is 5.75 Å². The third kappa shape index (κ3) is 2.44. The van der Waals surface area contributed by atoms with Gasteiger partial charge >= 0.3 is 6.03 Å². The highest BCUT2D eigenvalue weighted by atomic mass is 79.9. The number of anilines is 2. The van der Waals surface area contributed by atoms with Crippen LogP contribution >= 0.6 is 15.9 Å². The van der Waals surface area contributed by atoms with Gasteiger partial charge in [0.25, 0.3) is 0 Å². The molecule has 0 saturated carbocycles. The smallest absolute Gasteiger partial charge is 0.324 e. The topological polar surface area (TPSA) is 66.6 Å². The maximum atomic E-state index is 13.4. The first kappa shape index (κ1) is 14.3. The Morgan fingerprint density at radius 2 is 1.80 bits per heavy atom. The average molecular weight is 343 g/mol. The van der Waals surface area contributed by atoms with E-state index in [1.165, 1.54) is 6.07 Å². The van der Waals surface area contributed by atoms with E-state index in [2.05, 4.69) is 15.9 Å². The van der Waals surface area contributed by atoms with Crippen LogP contribution in [0.1, 0.15) is 0 Å². The molecule has 0 aliphatic heterocycles. The Balaban J connectivity index is 2.65. The molecule has 2 aromatic carbocycles. The van der Waals surface area contributed by atoms with Gasteiger partial charge in [0.15, 0.2) is 11.6 Å². The molecule has 0 atom stereocenters. The van der Waals surface area contributed by atoms with Crippen LogP contribution in [0.3, 0.4) is 0 Å². The van der Waals surface area contributed by atoms with Gasteiger partial charge in [-0.15, -0.1) is 0 Å². The Morgan fingerprint density at radius 1 is 1.15 bits per heavy atom. The van der Waals surface area contributed by atoms with E-state index >= 15 is 0 Å². The molecule has 4 nitrogen and oxygen atoms in total. The maximum absolute atomic E-state index is 13.4. The van der Waals surface area contributed by atoms with Crippen LogP contribution in [0.15, 0.2) is 40.9 Å². The molecule has 0 aliphatic carbocycles. The molecule has 3 N–H and O–H groups in total. The van der Waals surface area contributed by atoms with Crippen LogP contribution in [0.4, 0.5) is 25.0 Å². The molecule has 0 aromatic heterocycles. The molecule has 2 rings (SSSR count). The number of halogens is 3. The third-order valence-electron chi connectivity index (χ3n) is 2.60. The number of amides is 2. The van der Waals surface area contributed by atoms with Crippen LogP contribution in [0, 0.1) is 11.6 Å². The van der Waals surface area contributed by atoms with Gasteiger partial charge in [0, 0.05) is 4.47 Å². The van der Waals surface area contributed by atoms with Crippen LogP contribution in [-0.4, -0.2) is 11.1 Å². The lowest BCUT2D eigenvalue weighted by atomic mass is 10.2. The first-order chi connectivity index (χ1) is 9.43. The zero-order chi connectivity index (χ0) is 14.9. The lowest BCUT2D eigenvalue weighted by Gasteiger charge is -2.22.